The second-order valence-corrected chi connectivity index (χ2v) is 18.1. The maximum atomic E-state index is 14.7. The van der Waals surface area contributed by atoms with Crippen LogP contribution in [0.1, 0.15) is 140 Å². The van der Waals surface area contributed by atoms with E-state index in [9.17, 15) is 29.1 Å². The number of carboxylic acid groups (broad SMARTS) is 1. The first-order valence-corrected chi connectivity index (χ1v) is 23.7. The molecule has 1 aliphatic heterocycles. The first-order chi connectivity index (χ1) is 29.6. The maximum Gasteiger partial charge on any atom is 0.412 e. The van der Waals surface area contributed by atoms with E-state index in [1.807, 2.05) is 39.6 Å². The Morgan fingerprint density at radius 2 is 1.73 bits per heavy atom. The van der Waals surface area contributed by atoms with Crippen LogP contribution in [0.15, 0.2) is 29.6 Å². The van der Waals surface area contributed by atoms with Gasteiger partial charge in [-0.1, -0.05) is 73.4 Å². The lowest BCUT2D eigenvalue weighted by atomic mass is 9.92. The van der Waals surface area contributed by atoms with Gasteiger partial charge >= 0.3 is 12.1 Å². The molecule has 0 unspecified atom stereocenters. The van der Waals surface area contributed by atoms with E-state index >= 15 is 0 Å². The van der Waals surface area contributed by atoms with Gasteiger partial charge in [0, 0.05) is 43.6 Å². The molecule has 62 heavy (non-hydrogen) atoms. The Balaban J connectivity index is 1.82. The minimum Gasteiger partial charge on any atom is -0.481 e. The van der Waals surface area contributed by atoms with E-state index in [0.29, 0.717) is 49.8 Å². The lowest BCUT2D eigenvalue weighted by molar-refractivity contribution is -0.143. The van der Waals surface area contributed by atoms with Crippen LogP contribution in [-0.2, 0) is 25.5 Å². The molecule has 0 spiro atoms. The number of carbonyl (C=O) groups excluding carboxylic acids is 4. The number of likely N-dealkylation sites (tertiary alicyclic amines) is 1. The molecule has 1 aliphatic rings. The predicted octanol–water partition coefficient (Wildman–Crippen LogP) is 6.56. The highest BCUT2D eigenvalue weighted by atomic mass is 32.1. The maximum absolute atomic E-state index is 14.7. The van der Waals surface area contributed by atoms with Crippen LogP contribution in [-0.4, -0.2) is 114 Å². The third-order valence-electron chi connectivity index (χ3n) is 11.7. The van der Waals surface area contributed by atoms with E-state index in [1.54, 1.807) is 36.6 Å². The quantitative estimate of drug-likeness (QED) is 0.0608. The van der Waals surface area contributed by atoms with Crippen molar-refractivity contribution in [2.45, 2.75) is 149 Å². The zero-order valence-electron chi connectivity index (χ0n) is 38.5. The van der Waals surface area contributed by atoms with Crippen molar-refractivity contribution in [2.75, 3.05) is 39.8 Å². The fourth-order valence-corrected chi connectivity index (χ4v) is 8.64. The van der Waals surface area contributed by atoms with Crippen molar-refractivity contribution < 1.29 is 38.6 Å². The van der Waals surface area contributed by atoms with Gasteiger partial charge in [-0.15, -0.1) is 11.3 Å². The summed E-state index contributed by atoms with van der Waals surface area (Å²) in [6, 6.07) is 5.16. The summed E-state index contributed by atoms with van der Waals surface area (Å²) >= 11 is 1.32. The van der Waals surface area contributed by atoms with Gasteiger partial charge in [-0.25, -0.2) is 9.78 Å². The average molecular weight is 886 g/mol. The standard InChI is InChI=1S/C46H75N7O8S/c1-9-23-53(44(56)40(31(6)11-3)51-42(55)37-16-12-15-24-52(37)8)38(30(4)5)28-39(60-25-10-2)43-50-36(29-62-43)41(54)49-34(26-32(7)45(57)58)27-33-17-19-35(20-18-33)61-46(59)48-22-14-13-21-47/h17-20,29-32,34,37-40H,9-16,21-28,47H2,1-8H3,(H,48,59)(H,49,54)(H,51,55)(H,57,58)/t31-,32-,34+,37+,38+,39+,40-/m0/s1. The van der Waals surface area contributed by atoms with Crippen molar-refractivity contribution in [1.82, 2.24) is 30.7 Å². The molecular formula is C46H75N7O8S. The summed E-state index contributed by atoms with van der Waals surface area (Å²) in [5, 5.41) is 21.0. The number of hydrogen-bond acceptors (Lipinski definition) is 11. The average Bonchev–Trinajstić information content (AvgIpc) is 3.74. The number of nitrogens with zero attached hydrogens (tertiary/aromatic N) is 3. The summed E-state index contributed by atoms with van der Waals surface area (Å²) in [5.74, 6) is -2.01. The highest BCUT2D eigenvalue weighted by Gasteiger charge is 2.38. The van der Waals surface area contributed by atoms with Crippen molar-refractivity contribution in [3.8, 4) is 5.75 Å². The SMILES string of the molecule is CCCO[C@H](C[C@H](C(C)C)N(CCC)C(=O)[C@@H](NC(=O)[C@H]1CCCCN1C)[C@@H](C)CC)c1nc(C(=O)N[C@@H](Cc2ccc(OC(=O)NCCCCN)cc2)C[C@H](C)C(=O)O)cs1. The van der Waals surface area contributed by atoms with Crippen LogP contribution in [0, 0.1) is 17.8 Å². The number of piperidine rings is 1. The van der Waals surface area contributed by atoms with Gasteiger partial charge in [-0.2, -0.15) is 0 Å². The zero-order valence-corrected chi connectivity index (χ0v) is 39.3. The molecule has 1 aromatic carbocycles. The first kappa shape index (κ1) is 52.2. The number of thiazole rings is 1. The number of rotatable bonds is 27. The number of amides is 4. The molecule has 2 aromatic rings. The number of carbonyl (C=O) groups is 5. The Kier molecular flexibility index (Phi) is 22.9. The molecule has 4 amide bonds. The third kappa shape index (κ3) is 16.5. The number of benzene rings is 1. The van der Waals surface area contributed by atoms with E-state index in [-0.39, 0.29) is 47.8 Å². The van der Waals surface area contributed by atoms with Crippen LogP contribution in [0.25, 0.3) is 0 Å². The molecule has 1 aromatic heterocycles. The van der Waals surface area contributed by atoms with Gasteiger partial charge in [0.1, 0.15) is 28.6 Å². The monoisotopic (exact) mass is 886 g/mol. The molecule has 0 bridgehead atoms. The van der Waals surface area contributed by atoms with Crippen molar-refractivity contribution in [2.24, 2.45) is 23.5 Å². The van der Waals surface area contributed by atoms with Gasteiger partial charge in [0.2, 0.25) is 11.8 Å². The lowest BCUT2D eigenvalue weighted by Crippen LogP contribution is -2.58. The zero-order chi connectivity index (χ0) is 45.8. The number of carboxylic acids is 1. The van der Waals surface area contributed by atoms with Crippen LogP contribution in [0.5, 0.6) is 5.75 Å². The first-order valence-electron chi connectivity index (χ1n) is 22.8. The number of likely N-dealkylation sites (N-methyl/N-ethyl adjacent to an activating group) is 1. The summed E-state index contributed by atoms with van der Waals surface area (Å²) in [7, 11) is 1.97. The molecule has 15 nitrogen and oxygen atoms in total. The Hall–Kier alpha value is -4.12. The van der Waals surface area contributed by atoms with E-state index in [2.05, 4.69) is 34.7 Å². The number of nitrogens with one attached hydrogen (secondary N) is 3. The Morgan fingerprint density at radius 3 is 2.34 bits per heavy atom. The Bertz CT molecular complexity index is 1690. The van der Waals surface area contributed by atoms with Crippen molar-refractivity contribution in [3.63, 3.8) is 0 Å². The molecule has 1 saturated heterocycles. The number of aromatic nitrogens is 1. The third-order valence-corrected chi connectivity index (χ3v) is 12.6. The molecule has 0 saturated carbocycles. The molecular weight excluding hydrogens is 811 g/mol. The largest absolute Gasteiger partial charge is 0.481 e. The number of unbranched alkanes of at least 4 members (excludes halogenated alkanes) is 1. The molecule has 6 N–H and O–H groups in total. The molecule has 7 atom stereocenters. The Morgan fingerprint density at radius 1 is 1.00 bits per heavy atom. The summed E-state index contributed by atoms with van der Waals surface area (Å²) in [5.41, 5.74) is 6.52. The fraction of sp³-hybridized carbons (Fsp3) is 0.696. The highest BCUT2D eigenvalue weighted by molar-refractivity contribution is 7.09. The fourth-order valence-electron chi connectivity index (χ4n) is 7.78. The van der Waals surface area contributed by atoms with Crippen LogP contribution >= 0.6 is 11.3 Å². The summed E-state index contributed by atoms with van der Waals surface area (Å²) in [4.78, 5) is 75.1. The minimum absolute atomic E-state index is 0.0416. The normalized spacial score (nSPS) is 17.3. The summed E-state index contributed by atoms with van der Waals surface area (Å²) in [6.45, 7) is 16.7. The molecule has 0 radical (unpaired) electrons. The molecule has 2 heterocycles. The van der Waals surface area contributed by atoms with Crippen LogP contribution < -0.4 is 26.4 Å². The number of hydrogen-bond donors (Lipinski definition) is 5. The topological polar surface area (TPSA) is 206 Å². The molecule has 16 heteroatoms. The number of ether oxygens (including phenoxy) is 2. The van der Waals surface area contributed by atoms with Crippen molar-refractivity contribution >= 4 is 41.1 Å². The second kappa shape index (κ2) is 27.2. The van der Waals surface area contributed by atoms with E-state index in [4.69, 9.17) is 20.2 Å². The Labute approximate surface area is 373 Å². The molecule has 0 aliphatic carbocycles. The minimum atomic E-state index is -0.970. The number of aliphatic carboxylic acids is 1. The summed E-state index contributed by atoms with van der Waals surface area (Å²) in [6.07, 6.45) is 6.46. The van der Waals surface area contributed by atoms with Crippen LogP contribution in [0.3, 0.4) is 0 Å². The smallest absolute Gasteiger partial charge is 0.412 e. The van der Waals surface area contributed by atoms with E-state index in [1.165, 1.54) is 11.3 Å². The molecule has 348 valence electrons. The van der Waals surface area contributed by atoms with Crippen molar-refractivity contribution in [3.05, 3.63) is 45.9 Å². The van der Waals surface area contributed by atoms with Crippen molar-refractivity contribution in [1.29, 1.82) is 0 Å². The van der Waals surface area contributed by atoms with Crippen LogP contribution in [0.2, 0.25) is 0 Å². The van der Waals surface area contributed by atoms with Gasteiger partial charge < -0.3 is 41.2 Å². The highest BCUT2D eigenvalue weighted by Crippen LogP contribution is 2.32. The predicted molar refractivity (Wildman–Crippen MR) is 243 cm³/mol. The number of nitrogens with two attached hydrogens (primary N) is 1. The van der Waals surface area contributed by atoms with E-state index < -0.39 is 42.1 Å². The van der Waals surface area contributed by atoms with Gasteiger partial charge in [0.05, 0.1) is 12.0 Å². The second-order valence-electron chi connectivity index (χ2n) is 17.2. The molecule has 3 rings (SSSR count). The van der Waals surface area contributed by atoms with Gasteiger partial charge in [-0.3, -0.25) is 24.1 Å². The lowest BCUT2D eigenvalue weighted by Gasteiger charge is -2.40. The van der Waals surface area contributed by atoms with Gasteiger partial charge in [0.15, 0.2) is 0 Å². The summed E-state index contributed by atoms with van der Waals surface area (Å²) < 4.78 is 11.8. The van der Waals surface area contributed by atoms with E-state index in [0.717, 1.165) is 63.5 Å². The van der Waals surface area contributed by atoms with Gasteiger partial charge in [0.25, 0.3) is 5.91 Å². The van der Waals surface area contributed by atoms with Crippen LogP contribution in [0.4, 0.5) is 4.79 Å². The van der Waals surface area contributed by atoms with Gasteiger partial charge in [-0.05, 0) is 101 Å². The molecule has 1 fully saturated rings.